The molecule has 0 radical (unpaired) electrons. The molecule has 0 fully saturated rings. The molecule has 4 heteroatoms. The standard InChI is InChI=1S/C12H14N2O2/c1-8(12(15)16)5-9-3-4-10-7-14(2)13-11(10)6-9/h3-4,6-8H,5H2,1-2H3,(H,15,16). The van der Waals surface area contributed by atoms with Crippen molar-refractivity contribution >= 4 is 16.9 Å². The second-order valence-corrected chi connectivity index (χ2v) is 4.14. The monoisotopic (exact) mass is 218 g/mol. The first-order valence-electron chi connectivity index (χ1n) is 5.21. The van der Waals surface area contributed by atoms with Gasteiger partial charge < -0.3 is 5.11 Å². The fourth-order valence-corrected chi connectivity index (χ4v) is 1.75. The molecule has 1 aromatic carbocycles. The van der Waals surface area contributed by atoms with E-state index in [1.807, 2.05) is 31.4 Å². The van der Waals surface area contributed by atoms with Crippen LogP contribution in [0, 0.1) is 5.92 Å². The number of hydrogen-bond acceptors (Lipinski definition) is 2. The van der Waals surface area contributed by atoms with E-state index in [-0.39, 0.29) is 5.92 Å². The molecule has 0 saturated carbocycles. The van der Waals surface area contributed by atoms with Crippen LogP contribution in [0.15, 0.2) is 24.4 Å². The number of aliphatic carboxylic acids is 1. The topological polar surface area (TPSA) is 55.1 Å². The summed E-state index contributed by atoms with van der Waals surface area (Å²) in [5.74, 6) is -1.12. The maximum atomic E-state index is 10.8. The molecule has 1 atom stereocenters. The Morgan fingerprint density at radius 3 is 3.00 bits per heavy atom. The summed E-state index contributed by atoms with van der Waals surface area (Å²) in [6, 6.07) is 5.89. The largest absolute Gasteiger partial charge is 0.481 e. The third kappa shape index (κ3) is 2.05. The zero-order chi connectivity index (χ0) is 11.7. The van der Waals surface area contributed by atoms with Gasteiger partial charge in [-0.3, -0.25) is 9.48 Å². The molecule has 0 saturated heterocycles. The predicted octanol–water partition coefficient (Wildman–Crippen LogP) is 1.84. The van der Waals surface area contributed by atoms with Gasteiger partial charge in [-0.25, -0.2) is 0 Å². The average molecular weight is 218 g/mol. The summed E-state index contributed by atoms with van der Waals surface area (Å²) in [6.07, 6.45) is 2.49. The normalized spacial score (nSPS) is 12.9. The Bertz CT molecular complexity index is 531. The number of carboxylic acid groups (broad SMARTS) is 1. The van der Waals surface area contributed by atoms with E-state index in [0.29, 0.717) is 6.42 Å². The van der Waals surface area contributed by atoms with Crippen LogP contribution in [0.2, 0.25) is 0 Å². The SMILES string of the molecule is CC(Cc1ccc2cn(C)nc2c1)C(=O)O. The van der Waals surface area contributed by atoms with Crippen LogP contribution in [-0.2, 0) is 18.3 Å². The highest BCUT2D eigenvalue weighted by atomic mass is 16.4. The number of benzene rings is 1. The van der Waals surface area contributed by atoms with Gasteiger partial charge in [0.1, 0.15) is 0 Å². The Kier molecular flexibility index (Phi) is 2.64. The van der Waals surface area contributed by atoms with Crippen LogP contribution in [0.5, 0.6) is 0 Å². The minimum atomic E-state index is -0.763. The van der Waals surface area contributed by atoms with E-state index in [9.17, 15) is 4.79 Å². The van der Waals surface area contributed by atoms with Gasteiger partial charge in [0.15, 0.2) is 0 Å². The molecule has 1 N–H and O–H groups in total. The summed E-state index contributed by atoms with van der Waals surface area (Å²) < 4.78 is 1.76. The molecule has 0 aliphatic carbocycles. The predicted molar refractivity (Wildman–Crippen MR) is 61.2 cm³/mol. The van der Waals surface area contributed by atoms with E-state index in [4.69, 9.17) is 5.11 Å². The summed E-state index contributed by atoms with van der Waals surface area (Å²) in [6.45, 7) is 1.71. The van der Waals surface area contributed by atoms with Crippen molar-refractivity contribution < 1.29 is 9.90 Å². The van der Waals surface area contributed by atoms with E-state index in [1.165, 1.54) is 0 Å². The fraction of sp³-hybridized carbons (Fsp3) is 0.333. The van der Waals surface area contributed by atoms with Crippen molar-refractivity contribution in [3.05, 3.63) is 30.0 Å². The summed E-state index contributed by atoms with van der Waals surface area (Å²) in [7, 11) is 1.87. The molecule has 0 aliphatic rings. The van der Waals surface area contributed by atoms with Crippen molar-refractivity contribution in [3.8, 4) is 0 Å². The maximum Gasteiger partial charge on any atom is 0.306 e. The average Bonchev–Trinajstić information content (AvgIpc) is 2.57. The number of carboxylic acids is 1. The lowest BCUT2D eigenvalue weighted by Gasteiger charge is -2.05. The number of carbonyl (C=O) groups is 1. The van der Waals surface area contributed by atoms with E-state index in [1.54, 1.807) is 11.6 Å². The number of rotatable bonds is 3. The first-order chi connectivity index (χ1) is 7.56. The van der Waals surface area contributed by atoms with E-state index in [0.717, 1.165) is 16.5 Å². The van der Waals surface area contributed by atoms with Crippen molar-refractivity contribution in [2.45, 2.75) is 13.3 Å². The summed E-state index contributed by atoms with van der Waals surface area (Å²) in [5.41, 5.74) is 1.93. The van der Waals surface area contributed by atoms with Gasteiger partial charge >= 0.3 is 5.97 Å². The molecule has 0 spiro atoms. The smallest absolute Gasteiger partial charge is 0.306 e. The molecule has 0 bridgehead atoms. The number of hydrogen-bond donors (Lipinski definition) is 1. The van der Waals surface area contributed by atoms with Gasteiger partial charge in [0, 0.05) is 18.6 Å². The highest BCUT2D eigenvalue weighted by molar-refractivity contribution is 5.79. The molecule has 16 heavy (non-hydrogen) atoms. The van der Waals surface area contributed by atoms with Crippen LogP contribution in [0.4, 0.5) is 0 Å². The Morgan fingerprint density at radius 1 is 1.56 bits per heavy atom. The van der Waals surface area contributed by atoms with E-state index >= 15 is 0 Å². The lowest BCUT2D eigenvalue weighted by molar-refractivity contribution is -0.141. The van der Waals surface area contributed by atoms with Crippen LogP contribution in [0.25, 0.3) is 10.9 Å². The zero-order valence-corrected chi connectivity index (χ0v) is 9.34. The highest BCUT2D eigenvalue weighted by Crippen LogP contribution is 2.16. The molecular weight excluding hydrogens is 204 g/mol. The second-order valence-electron chi connectivity index (χ2n) is 4.14. The molecule has 0 aliphatic heterocycles. The summed E-state index contributed by atoms with van der Waals surface area (Å²) in [4.78, 5) is 10.8. The minimum absolute atomic E-state index is 0.360. The van der Waals surface area contributed by atoms with E-state index < -0.39 is 5.97 Å². The van der Waals surface area contributed by atoms with Gasteiger partial charge in [0.05, 0.1) is 11.4 Å². The number of aromatic nitrogens is 2. The van der Waals surface area contributed by atoms with Crippen LogP contribution in [0.3, 0.4) is 0 Å². The van der Waals surface area contributed by atoms with Crippen LogP contribution in [0.1, 0.15) is 12.5 Å². The molecule has 2 rings (SSSR count). The zero-order valence-electron chi connectivity index (χ0n) is 9.34. The van der Waals surface area contributed by atoms with Gasteiger partial charge in [0.25, 0.3) is 0 Å². The van der Waals surface area contributed by atoms with Crippen molar-refractivity contribution in [1.29, 1.82) is 0 Å². The Morgan fingerprint density at radius 2 is 2.31 bits per heavy atom. The first kappa shape index (κ1) is 10.7. The lowest BCUT2D eigenvalue weighted by Crippen LogP contribution is -2.12. The van der Waals surface area contributed by atoms with Gasteiger partial charge in [-0.1, -0.05) is 19.1 Å². The first-order valence-corrected chi connectivity index (χ1v) is 5.21. The molecule has 1 unspecified atom stereocenters. The number of nitrogens with zero attached hydrogens (tertiary/aromatic N) is 2. The fourth-order valence-electron chi connectivity index (χ4n) is 1.75. The third-order valence-electron chi connectivity index (χ3n) is 2.65. The highest BCUT2D eigenvalue weighted by Gasteiger charge is 2.12. The lowest BCUT2D eigenvalue weighted by atomic mass is 10.0. The maximum absolute atomic E-state index is 10.8. The van der Waals surface area contributed by atoms with E-state index in [2.05, 4.69) is 5.10 Å². The van der Waals surface area contributed by atoms with Gasteiger partial charge in [0.2, 0.25) is 0 Å². The van der Waals surface area contributed by atoms with Crippen molar-refractivity contribution in [2.75, 3.05) is 0 Å². The Hall–Kier alpha value is -1.84. The van der Waals surface area contributed by atoms with Crippen molar-refractivity contribution in [2.24, 2.45) is 13.0 Å². The van der Waals surface area contributed by atoms with Crippen molar-refractivity contribution in [3.63, 3.8) is 0 Å². The Labute approximate surface area is 93.5 Å². The number of fused-ring (bicyclic) bond motifs is 1. The van der Waals surface area contributed by atoms with Crippen LogP contribution in [-0.4, -0.2) is 20.9 Å². The molecule has 0 amide bonds. The van der Waals surface area contributed by atoms with Crippen LogP contribution < -0.4 is 0 Å². The molecule has 1 aromatic heterocycles. The summed E-state index contributed by atoms with van der Waals surface area (Å²) >= 11 is 0. The van der Waals surface area contributed by atoms with Crippen LogP contribution >= 0.6 is 0 Å². The van der Waals surface area contributed by atoms with Gasteiger partial charge in [-0.15, -0.1) is 0 Å². The Balaban J connectivity index is 2.28. The minimum Gasteiger partial charge on any atom is -0.481 e. The quantitative estimate of drug-likeness (QED) is 0.855. The third-order valence-corrected chi connectivity index (χ3v) is 2.65. The molecule has 1 heterocycles. The second kappa shape index (κ2) is 3.96. The number of aryl methyl sites for hydroxylation is 1. The molecule has 84 valence electrons. The molecular formula is C12H14N2O2. The molecule has 2 aromatic rings. The molecule has 4 nitrogen and oxygen atoms in total. The van der Waals surface area contributed by atoms with Gasteiger partial charge in [-0.2, -0.15) is 5.10 Å². The van der Waals surface area contributed by atoms with Crippen molar-refractivity contribution in [1.82, 2.24) is 9.78 Å². The van der Waals surface area contributed by atoms with Gasteiger partial charge in [-0.05, 0) is 18.1 Å². The summed E-state index contributed by atoms with van der Waals surface area (Å²) in [5, 5.41) is 14.2.